The molecule has 3 N–H and O–H groups in total. The van der Waals surface area contributed by atoms with Crippen LogP contribution in [0, 0.1) is 0 Å². The van der Waals surface area contributed by atoms with Gasteiger partial charge in [-0.15, -0.1) is 0 Å². The third-order valence-electron chi connectivity index (χ3n) is 4.20. The third-order valence-corrected chi connectivity index (χ3v) is 4.20. The summed E-state index contributed by atoms with van der Waals surface area (Å²) in [7, 11) is 0. The number of aromatic amines is 1. The molecule has 0 aliphatic heterocycles. The smallest absolute Gasteiger partial charge is 0.137 e. The number of hydrogen-bond acceptors (Lipinski definition) is 3. The van der Waals surface area contributed by atoms with E-state index in [4.69, 9.17) is 5.73 Å². The lowest BCUT2D eigenvalue weighted by atomic mass is 9.76. The molecule has 1 fully saturated rings. The average molecular weight is 267 g/mol. The van der Waals surface area contributed by atoms with Crippen molar-refractivity contribution in [3.05, 3.63) is 48.2 Å². The third kappa shape index (κ3) is 1.91. The van der Waals surface area contributed by atoms with Gasteiger partial charge in [0.25, 0.3) is 0 Å². The minimum absolute atomic E-state index is 0.378. The van der Waals surface area contributed by atoms with Crippen molar-refractivity contribution < 1.29 is 0 Å². The number of nitrogens with one attached hydrogen (secondary N) is 1. The molecule has 1 aliphatic rings. The largest absolute Gasteiger partial charge is 0.361 e. The Morgan fingerprint density at radius 3 is 3.00 bits per heavy atom. The fourth-order valence-electron chi connectivity index (χ4n) is 3.04. The van der Waals surface area contributed by atoms with Crippen molar-refractivity contribution in [2.24, 2.45) is 5.73 Å². The Bertz CT molecular complexity index is 722. The van der Waals surface area contributed by atoms with Gasteiger partial charge in [0.05, 0.1) is 6.54 Å². The second-order valence-corrected chi connectivity index (χ2v) is 5.65. The fraction of sp³-hybridized carbons (Fsp3) is 0.333. The van der Waals surface area contributed by atoms with Gasteiger partial charge < -0.3 is 10.7 Å². The van der Waals surface area contributed by atoms with Gasteiger partial charge in [-0.25, -0.2) is 9.67 Å². The van der Waals surface area contributed by atoms with Crippen LogP contribution in [0.15, 0.2) is 37.1 Å². The molecule has 2 heterocycles. The molecule has 1 aliphatic carbocycles. The highest BCUT2D eigenvalue weighted by Crippen LogP contribution is 2.39. The van der Waals surface area contributed by atoms with Gasteiger partial charge in [-0.2, -0.15) is 5.10 Å². The first-order chi connectivity index (χ1) is 9.79. The van der Waals surface area contributed by atoms with Crippen molar-refractivity contribution in [1.82, 2.24) is 19.7 Å². The van der Waals surface area contributed by atoms with Crippen LogP contribution in [-0.4, -0.2) is 25.8 Å². The van der Waals surface area contributed by atoms with Crippen LogP contribution in [0.25, 0.3) is 10.9 Å². The van der Waals surface area contributed by atoms with Crippen LogP contribution in [0.2, 0.25) is 0 Å². The van der Waals surface area contributed by atoms with Crippen molar-refractivity contribution in [3.63, 3.8) is 0 Å². The molecule has 2 aromatic heterocycles. The van der Waals surface area contributed by atoms with Crippen LogP contribution in [0.3, 0.4) is 0 Å². The number of nitrogens with two attached hydrogens (primary N) is 1. The van der Waals surface area contributed by atoms with Crippen molar-refractivity contribution in [1.29, 1.82) is 0 Å². The van der Waals surface area contributed by atoms with Crippen LogP contribution in [0.1, 0.15) is 29.9 Å². The number of benzene rings is 1. The lowest BCUT2D eigenvalue weighted by molar-refractivity contribution is 0.353. The maximum absolute atomic E-state index is 5.91. The molecular weight excluding hydrogens is 250 g/mol. The summed E-state index contributed by atoms with van der Waals surface area (Å²) in [5, 5.41) is 5.47. The molecule has 0 radical (unpaired) electrons. The first-order valence-electron chi connectivity index (χ1n) is 6.97. The van der Waals surface area contributed by atoms with Crippen LogP contribution >= 0.6 is 0 Å². The van der Waals surface area contributed by atoms with E-state index < -0.39 is 0 Å². The normalized spacial score (nSPS) is 22.1. The Morgan fingerprint density at radius 2 is 2.25 bits per heavy atom. The molecule has 102 valence electrons. The highest BCUT2D eigenvalue weighted by atomic mass is 15.3. The summed E-state index contributed by atoms with van der Waals surface area (Å²) in [6.45, 7) is 0.755. The Balaban J connectivity index is 1.68. The van der Waals surface area contributed by atoms with Gasteiger partial charge in [0, 0.05) is 23.1 Å². The van der Waals surface area contributed by atoms with Crippen LogP contribution in [-0.2, 0) is 6.54 Å². The van der Waals surface area contributed by atoms with E-state index in [-0.39, 0.29) is 0 Å². The first kappa shape index (κ1) is 11.7. The molecule has 0 atom stereocenters. The van der Waals surface area contributed by atoms with Crippen molar-refractivity contribution in [3.8, 4) is 0 Å². The number of aromatic nitrogens is 4. The van der Waals surface area contributed by atoms with Crippen molar-refractivity contribution in [2.75, 3.05) is 0 Å². The molecule has 0 saturated heterocycles. The molecule has 4 rings (SSSR count). The van der Waals surface area contributed by atoms with E-state index in [1.807, 2.05) is 4.68 Å². The molecule has 1 aromatic carbocycles. The molecule has 5 heteroatoms. The predicted molar refractivity (Wildman–Crippen MR) is 77.4 cm³/mol. The van der Waals surface area contributed by atoms with Crippen LogP contribution in [0.5, 0.6) is 0 Å². The van der Waals surface area contributed by atoms with E-state index in [0.717, 1.165) is 19.4 Å². The van der Waals surface area contributed by atoms with Crippen molar-refractivity contribution in [2.45, 2.75) is 31.3 Å². The minimum atomic E-state index is 0.378. The Kier molecular flexibility index (Phi) is 2.60. The molecule has 0 unspecified atom stereocenters. The zero-order valence-corrected chi connectivity index (χ0v) is 11.2. The van der Waals surface area contributed by atoms with E-state index >= 15 is 0 Å². The van der Waals surface area contributed by atoms with E-state index in [2.05, 4.69) is 39.5 Å². The minimum Gasteiger partial charge on any atom is -0.361 e. The van der Waals surface area contributed by atoms with Crippen LogP contribution < -0.4 is 5.73 Å². The summed E-state index contributed by atoms with van der Waals surface area (Å²) < 4.78 is 1.84. The molecular formula is C15H17N5. The number of H-pyrrole nitrogens is 1. The number of hydrogen-bond donors (Lipinski definition) is 2. The van der Waals surface area contributed by atoms with Gasteiger partial charge in [-0.05, 0) is 42.0 Å². The molecule has 1 saturated carbocycles. The lowest BCUT2D eigenvalue weighted by Gasteiger charge is -2.32. The SMILES string of the molecule is NC1CC(c2c[nH]c3ccc(Cn4cncn4)cc23)C1. The van der Waals surface area contributed by atoms with Gasteiger partial charge in [0.1, 0.15) is 12.7 Å². The quantitative estimate of drug-likeness (QED) is 0.762. The van der Waals surface area contributed by atoms with Crippen molar-refractivity contribution >= 4 is 10.9 Å². The van der Waals surface area contributed by atoms with Gasteiger partial charge in [0.15, 0.2) is 0 Å². The predicted octanol–water partition coefficient (Wildman–Crippen LogP) is 2.01. The molecule has 0 amide bonds. The highest BCUT2D eigenvalue weighted by molar-refractivity contribution is 5.84. The lowest BCUT2D eigenvalue weighted by Crippen LogP contribution is -2.34. The Hall–Kier alpha value is -2.14. The highest BCUT2D eigenvalue weighted by Gasteiger charge is 2.29. The van der Waals surface area contributed by atoms with E-state index in [0.29, 0.717) is 12.0 Å². The number of rotatable bonds is 3. The van der Waals surface area contributed by atoms with Gasteiger partial charge in [-0.1, -0.05) is 6.07 Å². The summed E-state index contributed by atoms with van der Waals surface area (Å²) in [5.74, 6) is 0.611. The summed E-state index contributed by atoms with van der Waals surface area (Å²) in [4.78, 5) is 7.34. The van der Waals surface area contributed by atoms with Gasteiger partial charge in [-0.3, -0.25) is 0 Å². The maximum atomic E-state index is 5.91. The second kappa shape index (κ2) is 4.45. The van der Waals surface area contributed by atoms with Gasteiger partial charge >= 0.3 is 0 Å². The summed E-state index contributed by atoms with van der Waals surface area (Å²) in [6, 6.07) is 6.91. The molecule has 5 nitrogen and oxygen atoms in total. The molecule has 20 heavy (non-hydrogen) atoms. The summed E-state index contributed by atoms with van der Waals surface area (Å²) >= 11 is 0. The monoisotopic (exact) mass is 267 g/mol. The first-order valence-corrected chi connectivity index (χ1v) is 6.97. The average Bonchev–Trinajstić information content (AvgIpc) is 3.04. The van der Waals surface area contributed by atoms with Crippen LogP contribution in [0.4, 0.5) is 0 Å². The molecule has 0 bridgehead atoms. The molecule has 0 spiro atoms. The standard InChI is InChI=1S/C15H17N5/c16-12-4-11(5-12)14-6-18-15-2-1-10(3-13(14)15)7-20-9-17-8-19-20/h1-3,6,8-9,11-12,18H,4-5,7,16H2. The summed E-state index contributed by atoms with van der Waals surface area (Å²) in [6.07, 6.45) is 7.64. The van der Waals surface area contributed by atoms with Gasteiger partial charge in [0.2, 0.25) is 0 Å². The Labute approximate surface area is 116 Å². The zero-order chi connectivity index (χ0) is 13.5. The van der Waals surface area contributed by atoms with E-state index in [9.17, 15) is 0 Å². The number of fused-ring (bicyclic) bond motifs is 1. The topological polar surface area (TPSA) is 72.5 Å². The fourth-order valence-corrected chi connectivity index (χ4v) is 3.04. The van der Waals surface area contributed by atoms with E-state index in [1.54, 1.807) is 12.7 Å². The van der Waals surface area contributed by atoms with E-state index in [1.165, 1.54) is 22.0 Å². The Morgan fingerprint density at radius 1 is 1.35 bits per heavy atom. The second-order valence-electron chi connectivity index (χ2n) is 5.65. The summed E-state index contributed by atoms with van der Waals surface area (Å²) in [5.41, 5.74) is 9.76. The number of nitrogens with zero attached hydrogens (tertiary/aromatic N) is 3. The maximum Gasteiger partial charge on any atom is 0.137 e. The zero-order valence-electron chi connectivity index (χ0n) is 11.2. The molecule has 3 aromatic rings.